The Morgan fingerprint density at radius 1 is 1.33 bits per heavy atom. The molecule has 0 saturated carbocycles. The Balaban J connectivity index is 2.24. The second-order valence-electron chi connectivity index (χ2n) is 3.72. The molecule has 2 atom stereocenters. The lowest BCUT2D eigenvalue weighted by Crippen LogP contribution is -2.54. The molecule has 0 aromatic heterocycles. The molecule has 12 heavy (non-hydrogen) atoms. The van der Waals surface area contributed by atoms with Gasteiger partial charge in [-0.1, -0.05) is 0 Å². The number of nitrogens with zero attached hydrogens (tertiary/aromatic N) is 1. The van der Waals surface area contributed by atoms with Gasteiger partial charge in [0.25, 0.3) is 0 Å². The molecule has 0 radical (unpaired) electrons. The summed E-state index contributed by atoms with van der Waals surface area (Å²) in [5.41, 5.74) is 0. The predicted octanol–water partition coefficient (Wildman–Crippen LogP) is 1.03. The molecule has 72 valence electrons. The van der Waals surface area contributed by atoms with Gasteiger partial charge in [0.05, 0.1) is 0 Å². The normalized spacial score (nSPS) is 32.2. The molecule has 1 aliphatic rings. The fourth-order valence-electron chi connectivity index (χ4n) is 1.84. The van der Waals surface area contributed by atoms with Gasteiger partial charge in [-0.15, -0.1) is 0 Å². The Morgan fingerprint density at radius 2 is 1.92 bits per heavy atom. The number of thioether (sulfide) groups is 1. The highest BCUT2D eigenvalue weighted by atomic mass is 32.2. The largest absolute Gasteiger partial charge is 0.309 e. The Hall–Kier alpha value is 0.270. The quantitative estimate of drug-likeness (QED) is 0.712. The van der Waals surface area contributed by atoms with E-state index in [9.17, 15) is 0 Å². The van der Waals surface area contributed by atoms with Crippen molar-refractivity contribution in [2.75, 3.05) is 31.6 Å². The lowest BCUT2D eigenvalue weighted by atomic mass is 10.1. The molecular formula is C9H20N2S. The second kappa shape index (κ2) is 5.10. The minimum atomic E-state index is 0.663. The van der Waals surface area contributed by atoms with Crippen LogP contribution in [0.1, 0.15) is 13.8 Å². The Kier molecular flexibility index (Phi) is 4.40. The van der Waals surface area contributed by atoms with Crippen LogP contribution < -0.4 is 5.32 Å². The molecule has 1 aliphatic heterocycles. The molecule has 3 heteroatoms. The van der Waals surface area contributed by atoms with Gasteiger partial charge in [-0.2, -0.15) is 11.8 Å². The summed E-state index contributed by atoms with van der Waals surface area (Å²) in [5, 5.41) is 3.54. The molecule has 2 unspecified atom stereocenters. The summed E-state index contributed by atoms with van der Waals surface area (Å²) in [7, 11) is 0. The molecule has 1 saturated heterocycles. The monoisotopic (exact) mass is 188 g/mol. The number of nitrogens with one attached hydrogen (secondary N) is 1. The molecule has 1 heterocycles. The first-order valence-corrected chi connectivity index (χ1v) is 6.09. The van der Waals surface area contributed by atoms with Crippen LogP contribution in [0.3, 0.4) is 0 Å². The Bertz CT molecular complexity index is 120. The van der Waals surface area contributed by atoms with E-state index >= 15 is 0 Å². The van der Waals surface area contributed by atoms with E-state index in [2.05, 4.69) is 30.3 Å². The molecule has 0 amide bonds. The van der Waals surface area contributed by atoms with E-state index in [-0.39, 0.29) is 0 Å². The van der Waals surface area contributed by atoms with Crippen LogP contribution in [-0.2, 0) is 0 Å². The molecule has 1 rings (SSSR count). The summed E-state index contributed by atoms with van der Waals surface area (Å²) in [5.74, 6) is 1.26. The van der Waals surface area contributed by atoms with E-state index in [4.69, 9.17) is 0 Å². The van der Waals surface area contributed by atoms with Crippen molar-refractivity contribution < 1.29 is 0 Å². The first-order chi connectivity index (χ1) is 5.72. The summed E-state index contributed by atoms with van der Waals surface area (Å²) in [6, 6.07) is 1.33. The fraction of sp³-hybridized carbons (Fsp3) is 1.00. The first kappa shape index (κ1) is 10.4. The zero-order valence-electron chi connectivity index (χ0n) is 8.34. The molecule has 0 bridgehead atoms. The molecular weight excluding hydrogens is 168 g/mol. The predicted molar refractivity (Wildman–Crippen MR) is 56.9 cm³/mol. The van der Waals surface area contributed by atoms with Crippen LogP contribution in [0.15, 0.2) is 0 Å². The van der Waals surface area contributed by atoms with Gasteiger partial charge in [-0.05, 0) is 20.1 Å². The maximum atomic E-state index is 3.54. The highest BCUT2D eigenvalue weighted by Crippen LogP contribution is 2.04. The van der Waals surface area contributed by atoms with Crippen molar-refractivity contribution in [1.29, 1.82) is 0 Å². The van der Waals surface area contributed by atoms with Gasteiger partial charge in [0.15, 0.2) is 0 Å². The summed E-state index contributed by atoms with van der Waals surface area (Å²) in [6.45, 7) is 8.21. The fourth-order valence-corrected chi connectivity index (χ4v) is 2.28. The van der Waals surface area contributed by atoms with Gasteiger partial charge < -0.3 is 5.32 Å². The highest BCUT2D eigenvalue weighted by molar-refractivity contribution is 7.98. The van der Waals surface area contributed by atoms with Crippen LogP contribution in [0.2, 0.25) is 0 Å². The minimum absolute atomic E-state index is 0.663. The summed E-state index contributed by atoms with van der Waals surface area (Å²) < 4.78 is 0. The number of hydrogen-bond donors (Lipinski definition) is 1. The SMILES string of the molecule is CSCCN1CC(C)NC(C)C1. The molecule has 0 spiro atoms. The van der Waals surface area contributed by atoms with Crippen molar-refractivity contribution in [3.63, 3.8) is 0 Å². The van der Waals surface area contributed by atoms with Crippen molar-refractivity contribution in [2.24, 2.45) is 0 Å². The van der Waals surface area contributed by atoms with Gasteiger partial charge in [-0.3, -0.25) is 4.90 Å². The van der Waals surface area contributed by atoms with Gasteiger partial charge in [-0.25, -0.2) is 0 Å². The van der Waals surface area contributed by atoms with Crippen molar-refractivity contribution in [3.05, 3.63) is 0 Å². The molecule has 0 aromatic rings. The van der Waals surface area contributed by atoms with Crippen LogP contribution in [0.4, 0.5) is 0 Å². The van der Waals surface area contributed by atoms with Crippen LogP contribution in [0, 0.1) is 0 Å². The summed E-state index contributed by atoms with van der Waals surface area (Å²) in [4.78, 5) is 2.56. The number of hydrogen-bond acceptors (Lipinski definition) is 3. The zero-order valence-corrected chi connectivity index (χ0v) is 9.16. The van der Waals surface area contributed by atoms with Crippen molar-refractivity contribution in [2.45, 2.75) is 25.9 Å². The van der Waals surface area contributed by atoms with Crippen molar-refractivity contribution >= 4 is 11.8 Å². The van der Waals surface area contributed by atoms with E-state index in [1.54, 1.807) is 0 Å². The first-order valence-electron chi connectivity index (χ1n) is 4.69. The molecule has 0 aromatic carbocycles. The molecule has 0 aliphatic carbocycles. The smallest absolute Gasteiger partial charge is 0.0169 e. The molecule has 1 fully saturated rings. The standard InChI is InChI=1S/C9H20N2S/c1-8-6-11(4-5-12-3)7-9(2)10-8/h8-10H,4-7H2,1-3H3. The van der Waals surface area contributed by atoms with Crippen LogP contribution in [-0.4, -0.2) is 48.6 Å². The molecule has 2 nitrogen and oxygen atoms in total. The third kappa shape index (κ3) is 3.33. The van der Waals surface area contributed by atoms with Crippen molar-refractivity contribution in [1.82, 2.24) is 10.2 Å². The van der Waals surface area contributed by atoms with Crippen LogP contribution >= 0.6 is 11.8 Å². The second-order valence-corrected chi connectivity index (χ2v) is 4.71. The van der Waals surface area contributed by atoms with E-state index in [1.165, 1.54) is 25.4 Å². The summed E-state index contributed by atoms with van der Waals surface area (Å²) in [6.07, 6.45) is 2.18. The third-order valence-electron chi connectivity index (χ3n) is 2.24. The van der Waals surface area contributed by atoms with Crippen LogP contribution in [0.25, 0.3) is 0 Å². The van der Waals surface area contributed by atoms with E-state index in [1.807, 2.05) is 11.8 Å². The average Bonchev–Trinajstić information content (AvgIpc) is 1.99. The lowest BCUT2D eigenvalue weighted by Gasteiger charge is -2.35. The number of rotatable bonds is 3. The maximum absolute atomic E-state index is 3.54. The molecule has 1 N–H and O–H groups in total. The minimum Gasteiger partial charge on any atom is -0.309 e. The van der Waals surface area contributed by atoms with Gasteiger partial charge >= 0.3 is 0 Å². The van der Waals surface area contributed by atoms with Crippen LogP contribution in [0.5, 0.6) is 0 Å². The Morgan fingerprint density at radius 3 is 2.42 bits per heavy atom. The van der Waals surface area contributed by atoms with Gasteiger partial charge in [0.1, 0.15) is 0 Å². The number of piperazine rings is 1. The maximum Gasteiger partial charge on any atom is 0.0169 e. The summed E-state index contributed by atoms with van der Waals surface area (Å²) >= 11 is 1.94. The van der Waals surface area contributed by atoms with E-state index in [0.717, 1.165) is 0 Å². The van der Waals surface area contributed by atoms with Gasteiger partial charge in [0, 0.05) is 37.5 Å². The zero-order chi connectivity index (χ0) is 8.97. The van der Waals surface area contributed by atoms with Crippen molar-refractivity contribution in [3.8, 4) is 0 Å². The highest BCUT2D eigenvalue weighted by Gasteiger charge is 2.19. The third-order valence-corrected chi connectivity index (χ3v) is 2.84. The topological polar surface area (TPSA) is 15.3 Å². The Labute approximate surface area is 80.1 Å². The van der Waals surface area contributed by atoms with E-state index in [0.29, 0.717) is 12.1 Å². The van der Waals surface area contributed by atoms with E-state index < -0.39 is 0 Å². The lowest BCUT2D eigenvalue weighted by molar-refractivity contribution is 0.183. The van der Waals surface area contributed by atoms with Gasteiger partial charge in [0.2, 0.25) is 0 Å². The average molecular weight is 188 g/mol.